The number of hydrogen-bond donors (Lipinski definition) is 2. The Kier molecular flexibility index (Phi) is 4.34. The average molecular weight is 414 g/mol. The first-order valence-corrected chi connectivity index (χ1v) is 11.1. The second kappa shape index (κ2) is 6.79. The maximum absolute atomic E-state index is 13.1. The topological polar surface area (TPSA) is 101 Å². The van der Waals surface area contributed by atoms with Crippen molar-refractivity contribution < 1.29 is 17.9 Å². The lowest BCUT2D eigenvalue weighted by Crippen LogP contribution is -2.77. The molecule has 2 saturated heterocycles. The van der Waals surface area contributed by atoms with Crippen molar-refractivity contribution in [2.24, 2.45) is 5.41 Å². The number of hydrogen-bond acceptors (Lipinski definition) is 5. The molecule has 0 bridgehead atoms. The summed E-state index contributed by atoms with van der Waals surface area (Å²) in [6, 6.07) is 9.63. The van der Waals surface area contributed by atoms with Gasteiger partial charge in [-0.25, -0.2) is 13.2 Å². The van der Waals surface area contributed by atoms with Gasteiger partial charge in [0.1, 0.15) is 0 Å². The summed E-state index contributed by atoms with van der Waals surface area (Å²) in [5.74, 6) is 0. The Bertz CT molecular complexity index is 1030. The van der Waals surface area contributed by atoms with Gasteiger partial charge in [-0.05, 0) is 48.7 Å². The van der Waals surface area contributed by atoms with Crippen LogP contribution < -0.4 is 10.6 Å². The molecule has 2 aromatic rings. The standard InChI is InChI=1S/C20H22N4O4S/c25-19(22-11-14-2-1-9-21-10-14)23-15-3-5-16(6-4-15)29(26,27)24-17-7-8-20(17)13-28-12-18(20)24/h1-6,9-10,17-18H,7-8,11-13H2,(H2,22,23,25). The summed E-state index contributed by atoms with van der Waals surface area (Å²) in [5, 5.41) is 5.45. The van der Waals surface area contributed by atoms with Gasteiger partial charge in [0.15, 0.2) is 0 Å². The third-order valence-electron chi connectivity index (χ3n) is 6.33. The third-order valence-corrected chi connectivity index (χ3v) is 8.27. The average Bonchev–Trinajstić information content (AvgIpc) is 3.14. The number of nitrogens with one attached hydrogen (secondary N) is 2. The minimum atomic E-state index is -3.57. The highest BCUT2D eigenvalue weighted by atomic mass is 32.2. The van der Waals surface area contributed by atoms with E-state index >= 15 is 0 Å². The molecule has 2 amide bonds. The maximum Gasteiger partial charge on any atom is 0.319 e. The van der Waals surface area contributed by atoms with Crippen LogP contribution in [-0.2, 0) is 21.3 Å². The lowest BCUT2D eigenvalue weighted by atomic mass is 9.55. The van der Waals surface area contributed by atoms with Gasteiger partial charge in [-0.1, -0.05) is 6.07 Å². The lowest BCUT2D eigenvalue weighted by molar-refractivity contribution is -0.126. The van der Waals surface area contributed by atoms with Crippen LogP contribution in [0.15, 0.2) is 53.7 Å². The molecule has 9 heteroatoms. The second-order valence-corrected chi connectivity index (χ2v) is 9.69. The largest absolute Gasteiger partial charge is 0.379 e. The molecule has 1 aliphatic carbocycles. The smallest absolute Gasteiger partial charge is 0.319 e. The number of benzene rings is 1. The van der Waals surface area contributed by atoms with E-state index in [0.717, 1.165) is 18.4 Å². The molecule has 152 valence electrons. The fourth-order valence-electron chi connectivity index (χ4n) is 4.69. The minimum Gasteiger partial charge on any atom is -0.379 e. The van der Waals surface area contributed by atoms with E-state index in [9.17, 15) is 13.2 Å². The molecule has 8 nitrogen and oxygen atoms in total. The van der Waals surface area contributed by atoms with Gasteiger partial charge in [0.25, 0.3) is 0 Å². The number of anilines is 1. The molecule has 0 radical (unpaired) electrons. The highest BCUT2D eigenvalue weighted by Gasteiger charge is 2.71. The molecule has 3 heterocycles. The molecule has 2 aliphatic heterocycles. The van der Waals surface area contributed by atoms with Gasteiger partial charge in [-0.3, -0.25) is 4.98 Å². The van der Waals surface area contributed by atoms with Crippen LogP contribution in [-0.4, -0.2) is 49.0 Å². The number of rotatable bonds is 5. The first kappa shape index (κ1) is 18.5. The third kappa shape index (κ3) is 2.92. The number of aromatic nitrogens is 1. The number of carbonyl (C=O) groups is 1. The lowest BCUT2D eigenvalue weighted by Gasteiger charge is -2.65. The molecule has 1 aromatic heterocycles. The highest BCUT2D eigenvalue weighted by Crippen LogP contribution is 2.62. The molecule has 5 rings (SSSR count). The van der Waals surface area contributed by atoms with E-state index < -0.39 is 10.0 Å². The van der Waals surface area contributed by atoms with Crippen LogP contribution in [0.1, 0.15) is 18.4 Å². The zero-order valence-electron chi connectivity index (χ0n) is 15.7. The second-order valence-electron chi connectivity index (χ2n) is 7.85. The van der Waals surface area contributed by atoms with Crippen LogP contribution in [0.4, 0.5) is 10.5 Å². The number of carbonyl (C=O) groups excluding carboxylic acids is 1. The molecule has 2 N–H and O–H groups in total. The summed E-state index contributed by atoms with van der Waals surface area (Å²) < 4.78 is 33.4. The van der Waals surface area contributed by atoms with Crippen molar-refractivity contribution in [1.82, 2.24) is 14.6 Å². The van der Waals surface area contributed by atoms with E-state index in [1.54, 1.807) is 47.0 Å². The van der Waals surface area contributed by atoms with Gasteiger partial charge >= 0.3 is 6.03 Å². The Morgan fingerprint density at radius 1 is 1.24 bits per heavy atom. The van der Waals surface area contributed by atoms with Crippen molar-refractivity contribution in [2.45, 2.75) is 36.4 Å². The number of urea groups is 1. The number of ether oxygens (including phenoxy) is 1. The number of pyridine rings is 1. The van der Waals surface area contributed by atoms with E-state index in [0.29, 0.717) is 25.4 Å². The Morgan fingerprint density at radius 3 is 2.76 bits per heavy atom. The van der Waals surface area contributed by atoms with Crippen LogP contribution in [0.25, 0.3) is 0 Å². The van der Waals surface area contributed by atoms with Gasteiger partial charge in [-0.15, -0.1) is 0 Å². The van der Waals surface area contributed by atoms with Crippen molar-refractivity contribution >= 4 is 21.7 Å². The predicted octanol–water partition coefficient (Wildman–Crippen LogP) is 1.96. The van der Waals surface area contributed by atoms with Gasteiger partial charge < -0.3 is 15.4 Å². The predicted molar refractivity (Wildman–Crippen MR) is 106 cm³/mol. The molecule has 3 unspecified atom stereocenters. The SMILES string of the molecule is O=C(NCc1cccnc1)Nc1ccc(S(=O)(=O)N2C3CCC34COCC24)cc1. The van der Waals surface area contributed by atoms with Gasteiger partial charge in [0.2, 0.25) is 10.0 Å². The fourth-order valence-corrected chi connectivity index (χ4v) is 6.67. The first-order valence-electron chi connectivity index (χ1n) is 9.66. The van der Waals surface area contributed by atoms with Crippen LogP contribution in [0.3, 0.4) is 0 Å². The summed E-state index contributed by atoms with van der Waals surface area (Å²) in [6.45, 7) is 1.51. The number of nitrogens with zero attached hydrogens (tertiary/aromatic N) is 2. The van der Waals surface area contributed by atoms with Crippen LogP contribution >= 0.6 is 0 Å². The van der Waals surface area contributed by atoms with Crippen molar-refractivity contribution in [3.63, 3.8) is 0 Å². The summed E-state index contributed by atoms with van der Waals surface area (Å²) in [4.78, 5) is 16.3. The zero-order chi connectivity index (χ0) is 20.1. The van der Waals surface area contributed by atoms with E-state index in [4.69, 9.17) is 4.74 Å². The molecular weight excluding hydrogens is 392 g/mol. The molecule has 3 aliphatic rings. The maximum atomic E-state index is 13.1. The molecule has 1 saturated carbocycles. The molecule has 3 fully saturated rings. The van der Waals surface area contributed by atoms with Gasteiger partial charge in [-0.2, -0.15) is 4.31 Å². The molecule has 1 spiro atoms. The molecular formula is C20H22N4O4S. The van der Waals surface area contributed by atoms with E-state index in [-0.39, 0.29) is 28.4 Å². The quantitative estimate of drug-likeness (QED) is 0.779. The minimum absolute atomic E-state index is 0.0395. The fraction of sp³-hybridized carbons (Fsp3) is 0.400. The highest BCUT2D eigenvalue weighted by molar-refractivity contribution is 7.89. The normalized spacial score (nSPS) is 27.9. The summed E-state index contributed by atoms with van der Waals surface area (Å²) in [6.07, 6.45) is 5.30. The number of piperidine rings is 1. The first-order chi connectivity index (χ1) is 14.0. The number of amides is 2. The summed E-state index contributed by atoms with van der Waals surface area (Å²) in [5.41, 5.74) is 1.47. The van der Waals surface area contributed by atoms with Crippen molar-refractivity contribution in [1.29, 1.82) is 0 Å². The van der Waals surface area contributed by atoms with Gasteiger partial charge in [0, 0.05) is 36.1 Å². The van der Waals surface area contributed by atoms with Gasteiger partial charge in [0.05, 0.1) is 24.2 Å². The van der Waals surface area contributed by atoms with Crippen molar-refractivity contribution in [3.8, 4) is 0 Å². The van der Waals surface area contributed by atoms with Crippen LogP contribution in [0, 0.1) is 5.41 Å². The van der Waals surface area contributed by atoms with E-state index in [1.807, 2.05) is 6.07 Å². The molecule has 3 atom stereocenters. The Morgan fingerprint density at radius 2 is 2.07 bits per heavy atom. The Labute approximate surface area is 169 Å². The molecule has 1 aromatic carbocycles. The molecule has 29 heavy (non-hydrogen) atoms. The zero-order valence-corrected chi connectivity index (χ0v) is 16.6. The Balaban J connectivity index is 1.23. The number of sulfonamides is 1. The monoisotopic (exact) mass is 414 g/mol. The van der Waals surface area contributed by atoms with Crippen LogP contribution in [0.2, 0.25) is 0 Å². The van der Waals surface area contributed by atoms with E-state index in [2.05, 4.69) is 15.6 Å². The van der Waals surface area contributed by atoms with Crippen molar-refractivity contribution in [2.75, 3.05) is 18.5 Å². The summed E-state index contributed by atoms with van der Waals surface area (Å²) >= 11 is 0. The van der Waals surface area contributed by atoms with E-state index in [1.165, 1.54) is 0 Å². The van der Waals surface area contributed by atoms with Crippen molar-refractivity contribution in [3.05, 3.63) is 54.4 Å². The Hall–Kier alpha value is -2.49. The summed E-state index contributed by atoms with van der Waals surface area (Å²) in [7, 11) is -3.57. The van der Waals surface area contributed by atoms with Crippen LogP contribution in [0.5, 0.6) is 0 Å².